The van der Waals surface area contributed by atoms with Gasteiger partial charge in [-0.3, -0.25) is 4.79 Å². The standard InChI is InChI=1S/C16H16BrNO/c17-15-4-2-1-3-14(15)11-16(19)13-7-5-12(6-8-13)9-10-18/h1-8H,9-11,18H2. The largest absolute Gasteiger partial charge is 0.330 e. The second-order valence-corrected chi connectivity index (χ2v) is 5.28. The van der Waals surface area contributed by atoms with Gasteiger partial charge in [-0.2, -0.15) is 0 Å². The lowest BCUT2D eigenvalue weighted by molar-refractivity contribution is 0.0993. The third-order valence-electron chi connectivity index (χ3n) is 3.02. The molecule has 0 amide bonds. The van der Waals surface area contributed by atoms with Gasteiger partial charge < -0.3 is 5.73 Å². The van der Waals surface area contributed by atoms with Gasteiger partial charge in [-0.25, -0.2) is 0 Å². The van der Waals surface area contributed by atoms with E-state index in [0.717, 1.165) is 22.0 Å². The molecule has 2 N–H and O–H groups in total. The molecule has 3 heteroatoms. The first kappa shape index (κ1) is 14.0. The van der Waals surface area contributed by atoms with Crippen LogP contribution >= 0.6 is 15.9 Å². The first-order valence-corrected chi connectivity index (χ1v) is 7.05. The Balaban J connectivity index is 2.10. The average Bonchev–Trinajstić information content (AvgIpc) is 2.42. The lowest BCUT2D eigenvalue weighted by atomic mass is 10.0. The van der Waals surface area contributed by atoms with E-state index in [-0.39, 0.29) is 5.78 Å². The van der Waals surface area contributed by atoms with E-state index in [2.05, 4.69) is 15.9 Å². The van der Waals surface area contributed by atoms with Gasteiger partial charge in [0.25, 0.3) is 0 Å². The molecule has 0 aliphatic rings. The van der Waals surface area contributed by atoms with E-state index >= 15 is 0 Å². The zero-order chi connectivity index (χ0) is 13.7. The van der Waals surface area contributed by atoms with Crippen molar-refractivity contribution in [1.82, 2.24) is 0 Å². The number of Topliss-reactive ketones (excluding diaryl/α,β-unsaturated/α-hetero) is 1. The monoisotopic (exact) mass is 317 g/mol. The molecule has 2 aromatic carbocycles. The molecule has 0 atom stereocenters. The van der Waals surface area contributed by atoms with Gasteiger partial charge in [-0.05, 0) is 30.2 Å². The second-order valence-electron chi connectivity index (χ2n) is 4.43. The Morgan fingerprint density at radius 1 is 1.05 bits per heavy atom. The molecule has 98 valence electrons. The number of ketones is 1. The van der Waals surface area contributed by atoms with Gasteiger partial charge in [0, 0.05) is 16.5 Å². The molecular weight excluding hydrogens is 302 g/mol. The molecule has 0 aromatic heterocycles. The number of rotatable bonds is 5. The lowest BCUT2D eigenvalue weighted by Crippen LogP contribution is -2.05. The van der Waals surface area contributed by atoms with Crippen LogP contribution < -0.4 is 5.73 Å². The van der Waals surface area contributed by atoms with Crippen molar-refractivity contribution in [3.63, 3.8) is 0 Å². The molecule has 0 heterocycles. The number of halogens is 1. The maximum Gasteiger partial charge on any atom is 0.167 e. The van der Waals surface area contributed by atoms with Gasteiger partial charge in [0.2, 0.25) is 0 Å². The van der Waals surface area contributed by atoms with E-state index in [0.29, 0.717) is 13.0 Å². The van der Waals surface area contributed by atoms with Crippen LogP contribution in [0.2, 0.25) is 0 Å². The molecule has 0 aliphatic heterocycles. The van der Waals surface area contributed by atoms with Gasteiger partial charge in [-0.1, -0.05) is 58.4 Å². The normalized spacial score (nSPS) is 10.4. The molecular formula is C16H16BrNO. The number of hydrogen-bond acceptors (Lipinski definition) is 2. The number of hydrogen-bond donors (Lipinski definition) is 1. The maximum atomic E-state index is 12.2. The summed E-state index contributed by atoms with van der Waals surface area (Å²) < 4.78 is 0.975. The molecule has 0 fully saturated rings. The molecule has 2 aromatic rings. The zero-order valence-corrected chi connectivity index (χ0v) is 12.2. The first-order chi connectivity index (χ1) is 9.20. The Hall–Kier alpha value is -1.45. The van der Waals surface area contributed by atoms with Crippen LogP contribution in [0.5, 0.6) is 0 Å². The third-order valence-corrected chi connectivity index (χ3v) is 3.79. The molecule has 19 heavy (non-hydrogen) atoms. The second kappa shape index (κ2) is 6.64. The van der Waals surface area contributed by atoms with Crippen LogP contribution in [0.3, 0.4) is 0 Å². The lowest BCUT2D eigenvalue weighted by Gasteiger charge is -2.05. The molecule has 0 aliphatic carbocycles. The van der Waals surface area contributed by atoms with Crippen molar-refractivity contribution < 1.29 is 4.79 Å². The van der Waals surface area contributed by atoms with Gasteiger partial charge in [0.15, 0.2) is 5.78 Å². The van der Waals surface area contributed by atoms with Gasteiger partial charge >= 0.3 is 0 Å². The fourth-order valence-electron chi connectivity index (χ4n) is 1.94. The molecule has 0 unspecified atom stereocenters. The van der Waals surface area contributed by atoms with Crippen molar-refractivity contribution in [2.45, 2.75) is 12.8 Å². The summed E-state index contributed by atoms with van der Waals surface area (Å²) in [7, 11) is 0. The van der Waals surface area contributed by atoms with Crippen LogP contribution in [0.15, 0.2) is 53.0 Å². The van der Waals surface area contributed by atoms with Crippen molar-refractivity contribution in [2.24, 2.45) is 5.73 Å². The summed E-state index contributed by atoms with van der Waals surface area (Å²) in [6, 6.07) is 15.5. The van der Waals surface area contributed by atoms with Crippen molar-refractivity contribution >= 4 is 21.7 Å². The molecule has 2 nitrogen and oxygen atoms in total. The number of benzene rings is 2. The smallest absolute Gasteiger partial charge is 0.167 e. The zero-order valence-electron chi connectivity index (χ0n) is 10.6. The van der Waals surface area contributed by atoms with Gasteiger partial charge in [0.1, 0.15) is 0 Å². The summed E-state index contributed by atoms with van der Waals surface area (Å²) in [5.41, 5.74) is 8.43. The SMILES string of the molecule is NCCc1ccc(C(=O)Cc2ccccc2Br)cc1. The topological polar surface area (TPSA) is 43.1 Å². The molecule has 0 spiro atoms. The van der Waals surface area contributed by atoms with E-state index in [1.54, 1.807) is 0 Å². The van der Waals surface area contributed by atoms with Gasteiger partial charge in [-0.15, -0.1) is 0 Å². The quantitative estimate of drug-likeness (QED) is 0.859. The summed E-state index contributed by atoms with van der Waals surface area (Å²) in [5, 5.41) is 0. The van der Waals surface area contributed by atoms with E-state index in [4.69, 9.17) is 5.73 Å². The maximum absolute atomic E-state index is 12.2. The van der Waals surface area contributed by atoms with Crippen LogP contribution in [-0.2, 0) is 12.8 Å². The molecule has 2 rings (SSSR count). The summed E-state index contributed by atoms with van der Waals surface area (Å²) in [5.74, 6) is 0.131. The Morgan fingerprint density at radius 3 is 2.37 bits per heavy atom. The molecule has 0 bridgehead atoms. The van der Waals surface area contributed by atoms with Crippen LogP contribution in [0.4, 0.5) is 0 Å². The third kappa shape index (κ3) is 3.75. The summed E-state index contributed by atoms with van der Waals surface area (Å²) in [6.45, 7) is 0.629. The summed E-state index contributed by atoms with van der Waals surface area (Å²) in [6.07, 6.45) is 1.26. The molecule has 0 saturated carbocycles. The van der Waals surface area contributed by atoms with Gasteiger partial charge in [0.05, 0.1) is 0 Å². The minimum Gasteiger partial charge on any atom is -0.330 e. The van der Waals surface area contributed by atoms with Crippen LogP contribution in [0.1, 0.15) is 21.5 Å². The Labute approximate surface area is 121 Å². The van der Waals surface area contributed by atoms with Crippen LogP contribution in [0, 0.1) is 0 Å². The first-order valence-electron chi connectivity index (χ1n) is 6.26. The highest BCUT2D eigenvalue weighted by atomic mass is 79.9. The van der Waals surface area contributed by atoms with Crippen molar-refractivity contribution in [3.8, 4) is 0 Å². The predicted octanol–water partition coefficient (Wildman–Crippen LogP) is 3.38. The summed E-state index contributed by atoms with van der Waals surface area (Å²) >= 11 is 3.46. The average molecular weight is 318 g/mol. The molecule has 0 radical (unpaired) electrons. The molecule has 0 saturated heterocycles. The van der Waals surface area contributed by atoms with E-state index in [1.165, 1.54) is 5.56 Å². The van der Waals surface area contributed by atoms with Crippen molar-refractivity contribution in [1.29, 1.82) is 0 Å². The highest BCUT2D eigenvalue weighted by Gasteiger charge is 2.09. The van der Waals surface area contributed by atoms with Crippen molar-refractivity contribution in [2.75, 3.05) is 6.54 Å². The number of nitrogens with two attached hydrogens (primary N) is 1. The number of carbonyl (C=O) groups is 1. The Kier molecular flexibility index (Phi) is 4.88. The highest BCUT2D eigenvalue weighted by molar-refractivity contribution is 9.10. The highest BCUT2D eigenvalue weighted by Crippen LogP contribution is 2.18. The van der Waals surface area contributed by atoms with Crippen LogP contribution in [0.25, 0.3) is 0 Å². The minimum atomic E-state index is 0.131. The minimum absolute atomic E-state index is 0.131. The van der Waals surface area contributed by atoms with E-state index in [1.807, 2.05) is 48.5 Å². The fraction of sp³-hybridized carbons (Fsp3) is 0.188. The predicted molar refractivity (Wildman–Crippen MR) is 81.4 cm³/mol. The number of carbonyl (C=O) groups excluding carboxylic acids is 1. The Bertz CT molecular complexity index is 563. The van der Waals surface area contributed by atoms with Crippen LogP contribution in [-0.4, -0.2) is 12.3 Å². The Morgan fingerprint density at radius 2 is 1.74 bits per heavy atom. The summed E-state index contributed by atoms with van der Waals surface area (Å²) in [4.78, 5) is 12.2. The van der Waals surface area contributed by atoms with Crippen molar-refractivity contribution in [3.05, 3.63) is 69.7 Å². The van der Waals surface area contributed by atoms with E-state index < -0.39 is 0 Å². The fourth-order valence-corrected chi connectivity index (χ4v) is 2.37. The van der Waals surface area contributed by atoms with E-state index in [9.17, 15) is 4.79 Å².